The summed E-state index contributed by atoms with van der Waals surface area (Å²) in [5.74, 6) is 0. The standard InChI is InChI=1S/C5H13NO2/c1-5(2,3-6)4-8-7/h7H,3-4,6H2,1-2H3. The van der Waals surface area contributed by atoms with E-state index >= 15 is 0 Å². The molecule has 8 heavy (non-hydrogen) atoms. The zero-order valence-corrected chi connectivity index (χ0v) is 5.35. The van der Waals surface area contributed by atoms with Crippen LogP contribution in [-0.4, -0.2) is 18.4 Å². The molecule has 0 fully saturated rings. The lowest BCUT2D eigenvalue weighted by molar-refractivity contribution is -0.258. The highest BCUT2D eigenvalue weighted by molar-refractivity contribution is 4.66. The lowest BCUT2D eigenvalue weighted by Gasteiger charge is -2.18. The molecule has 0 aliphatic heterocycles. The van der Waals surface area contributed by atoms with Crippen molar-refractivity contribution < 1.29 is 10.1 Å². The van der Waals surface area contributed by atoms with Gasteiger partial charge in [0.25, 0.3) is 0 Å². The Morgan fingerprint density at radius 2 is 2.12 bits per heavy atom. The van der Waals surface area contributed by atoms with Gasteiger partial charge in [0, 0.05) is 5.41 Å². The molecular weight excluding hydrogens is 106 g/mol. The molecule has 0 bridgehead atoms. The van der Waals surface area contributed by atoms with Gasteiger partial charge in [-0.1, -0.05) is 13.8 Å². The van der Waals surface area contributed by atoms with Crippen molar-refractivity contribution in [3.8, 4) is 0 Å². The summed E-state index contributed by atoms with van der Waals surface area (Å²) in [5, 5.41) is 7.98. The van der Waals surface area contributed by atoms with Crippen molar-refractivity contribution in [3.05, 3.63) is 0 Å². The van der Waals surface area contributed by atoms with Gasteiger partial charge in [0.05, 0.1) is 6.61 Å². The molecule has 0 spiro atoms. The average molecular weight is 119 g/mol. The van der Waals surface area contributed by atoms with E-state index in [1.807, 2.05) is 13.8 Å². The summed E-state index contributed by atoms with van der Waals surface area (Å²) in [6.45, 7) is 4.66. The Bertz CT molecular complexity index is 63.4. The van der Waals surface area contributed by atoms with Crippen molar-refractivity contribution in [1.29, 1.82) is 0 Å². The molecule has 3 heteroatoms. The van der Waals surface area contributed by atoms with Crippen LogP contribution >= 0.6 is 0 Å². The third-order valence-corrected chi connectivity index (χ3v) is 1.01. The third-order valence-electron chi connectivity index (χ3n) is 1.01. The van der Waals surface area contributed by atoms with Crippen molar-refractivity contribution >= 4 is 0 Å². The Morgan fingerprint density at radius 1 is 1.62 bits per heavy atom. The van der Waals surface area contributed by atoms with Gasteiger partial charge in [-0.25, -0.2) is 4.89 Å². The highest BCUT2D eigenvalue weighted by atomic mass is 17.1. The van der Waals surface area contributed by atoms with Crippen LogP contribution in [0.1, 0.15) is 13.8 Å². The fourth-order valence-corrected chi connectivity index (χ4v) is 0.234. The molecule has 0 radical (unpaired) electrons. The summed E-state index contributed by atoms with van der Waals surface area (Å²) in [6.07, 6.45) is 0. The van der Waals surface area contributed by atoms with Crippen LogP contribution in [0.25, 0.3) is 0 Å². The quantitative estimate of drug-likeness (QED) is 0.419. The lowest BCUT2D eigenvalue weighted by atomic mass is 9.96. The van der Waals surface area contributed by atoms with Gasteiger partial charge < -0.3 is 5.73 Å². The van der Waals surface area contributed by atoms with Gasteiger partial charge >= 0.3 is 0 Å². The summed E-state index contributed by atoms with van der Waals surface area (Å²) in [4.78, 5) is 3.92. The predicted octanol–water partition coefficient (Wildman–Crippen LogP) is 0.461. The van der Waals surface area contributed by atoms with E-state index in [-0.39, 0.29) is 5.41 Å². The van der Waals surface area contributed by atoms with Gasteiger partial charge in [0.2, 0.25) is 0 Å². The Kier molecular flexibility index (Phi) is 2.97. The van der Waals surface area contributed by atoms with Crippen LogP contribution in [0.2, 0.25) is 0 Å². The van der Waals surface area contributed by atoms with E-state index in [2.05, 4.69) is 4.89 Å². The van der Waals surface area contributed by atoms with E-state index in [1.165, 1.54) is 0 Å². The van der Waals surface area contributed by atoms with E-state index in [9.17, 15) is 0 Å². The summed E-state index contributed by atoms with van der Waals surface area (Å²) in [5.41, 5.74) is 5.20. The van der Waals surface area contributed by atoms with Crippen molar-refractivity contribution in [2.24, 2.45) is 11.1 Å². The van der Waals surface area contributed by atoms with Gasteiger partial charge in [0.15, 0.2) is 0 Å². The van der Waals surface area contributed by atoms with Gasteiger partial charge in [-0.2, -0.15) is 0 Å². The molecule has 0 aliphatic rings. The highest BCUT2D eigenvalue weighted by Gasteiger charge is 2.14. The SMILES string of the molecule is CC(C)(CN)COO. The zero-order chi connectivity index (χ0) is 6.62. The molecule has 0 saturated carbocycles. The Labute approximate surface area is 49.4 Å². The molecule has 0 heterocycles. The van der Waals surface area contributed by atoms with Crippen LogP contribution in [0.3, 0.4) is 0 Å². The minimum Gasteiger partial charge on any atom is -0.330 e. The van der Waals surface area contributed by atoms with E-state index < -0.39 is 0 Å². The zero-order valence-electron chi connectivity index (χ0n) is 5.35. The third kappa shape index (κ3) is 2.96. The second-order valence-electron chi connectivity index (χ2n) is 2.64. The van der Waals surface area contributed by atoms with E-state index in [0.29, 0.717) is 13.2 Å². The monoisotopic (exact) mass is 119 g/mol. The predicted molar refractivity (Wildman–Crippen MR) is 31.4 cm³/mol. The number of hydrogen-bond donors (Lipinski definition) is 2. The lowest BCUT2D eigenvalue weighted by Crippen LogP contribution is -2.28. The minimum absolute atomic E-state index is 0.102. The Balaban J connectivity index is 3.37. The van der Waals surface area contributed by atoms with Crippen LogP contribution < -0.4 is 5.73 Å². The molecule has 0 aromatic heterocycles. The summed E-state index contributed by atoms with van der Waals surface area (Å²) < 4.78 is 0. The van der Waals surface area contributed by atoms with Crippen LogP contribution in [0.5, 0.6) is 0 Å². The first-order valence-electron chi connectivity index (χ1n) is 2.59. The van der Waals surface area contributed by atoms with E-state index in [4.69, 9.17) is 11.0 Å². The molecule has 0 aromatic carbocycles. The molecule has 0 unspecified atom stereocenters. The summed E-state index contributed by atoms with van der Waals surface area (Å²) in [7, 11) is 0. The van der Waals surface area contributed by atoms with Gasteiger partial charge in [0.1, 0.15) is 0 Å². The molecule has 3 nitrogen and oxygen atoms in total. The molecule has 3 N–H and O–H groups in total. The van der Waals surface area contributed by atoms with Gasteiger partial charge in [-0.05, 0) is 6.54 Å². The molecule has 0 aromatic rings. The van der Waals surface area contributed by atoms with Crippen molar-refractivity contribution in [3.63, 3.8) is 0 Å². The normalized spacial score (nSPS) is 12.0. The Morgan fingerprint density at radius 3 is 2.25 bits per heavy atom. The molecule has 0 atom stereocenters. The maximum absolute atomic E-state index is 7.98. The first-order valence-corrected chi connectivity index (χ1v) is 2.59. The first kappa shape index (κ1) is 7.88. The van der Waals surface area contributed by atoms with Crippen molar-refractivity contribution in [1.82, 2.24) is 0 Å². The molecule has 0 saturated heterocycles. The second kappa shape index (κ2) is 3.02. The molecule has 0 amide bonds. The topological polar surface area (TPSA) is 55.5 Å². The highest BCUT2D eigenvalue weighted by Crippen LogP contribution is 2.10. The fourth-order valence-electron chi connectivity index (χ4n) is 0.234. The molecular formula is C5H13NO2. The Hall–Kier alpha value is -0.120. The van der Waals surface area contributed by atoms with Crippen molar-refractivity contribution in [2.45, 2.75) is 13.8 Å². The molecule has 50 valence electrons. The summed E-state index contributed by atoms with van der Waals surface area (Å²) >= 11 is 0. The van der Waals surface area contributed by atoms with Crippen LogP contribution in [0.15, 0.2) is 0 Å². The van der Waals surface area contributed by atoms with Crippen LogP contribution in [-0.2, 0) is 4.89 Å². The van der Waals surface area contributed by atoms with Crippen molar-refractivity contribution in [2.75, 3.05) is 13.2 Å². The average Bonchev–Trinajstić information content (AvgIpc) is 1.67. The van der Waals surface area contributed by atoms with Gasteiger partial charge in [-0.15, -0.1) is 0 Å². The largest absolute Gasteiger partial charge is 0.330 e. The first-order chi connectivity index (χ1) is 3.62. The fraction of sp³-hybridized carbons (Fsp3) is 1.00. The molecule has 0 rings (SSSR count). The van der Waals surface area contributed by atoms with Crippen LogP contribution in [0, 0.1) is 5.41 Å². The maximum atomic E-state index is 7.98. The van der Waals surface area contributed by atoms with E-state index in [0.717, 1.165) is 0 Å². The maximum Gasteiger partial charge on any atom is 0.0882 e. The summed E-state index contributed by atoms with van der Waals surface area (Å²) in [6, 6.07) is 0. The van der Waals surface area contributed by atoms with E-state index in [1.54, 1.807) is 0 Å². The number of hydrogen-bond acceptors (Lipinski definition) is 3. The number of nitrogens with two attached hydrogens (primary N) is 1. The molecule has 0 aliphatic carbocycles. The number of rotatable bonds is 3. The second-order valence-corrected chi connectivity index (χ2v) is 2.64. The minimum atomic E-state index is -0.102. The smallest absolute Gasteiger partial charge is 0.0882 e. The van der Waals surface area contributed by atoms with Gasteiger partial charge in [-0.3, -0.25) is 5.26 Å². The van der Waals surface area contributed by atoms with Crippen LogP contribution in [0.4, 0.5) is 0 Å².